The first-order valence-electron chi connectivity index (χ1n) is 6.46. The minimum absolute atomic E-state index is 0.191. The first kappa shape index (κ1) is 13.3. The highest BCUT2D eigenvalue weighted by atomic mass is 16.5. The molecule has 1 aliphatic rings. The minimum atomic E-state index is -0.452. The van der Waals surface area contributed by atoms with Crippen LogP contribution in [0, 0.1) is 0 Å². The lowest BCUT2D eigenvalue weighted by Gasteiger charge is -2.36. The smallest absolute Gasteiger partial charge is 0.245 e. The number of hydrogen-bond donors (Lipinski definition) is 2. The fourth-order valence-electron chi connectivity index (χ4n) is 2.20. The molecule has 0 spiro atoms. The zero-order valence-corrected chi connectivity index (χ0v) is 11.6. The monoisotopic (exact) mass is 253 g/mol. The molecule has 6 heteroatoms. The summed E-state index contributed by atoms with van der Waals surface area (Å²) in [6.45, 7) is 7.01. The Morgan fingerprint density at radius 3 is 2.89 bits per heavy atom. The predicted octanol–water partition coefficient (Wildman–Crippen LogP) is 1.00. The molecule has 0 bridgehead atoms. The highest BCUT2D eigenvalue weighted by molar-refractivity contribution is 5.33. The SMILES string of the molecule is COC(C)(C)c1nc(N2CCCC(N)C2C)n[nH]1. The van der Waals surface area contributed by atoms with Crippen LogP contribution < -0.4 is 10.6 Å². The molecule has 18 heavy (non-hydrogen) atoms. The molecule has 2 atom stereocenters. The normalized spacial score (nSPS) is 25.5. The van der Waals surface area contributed by atoms with Crippen LogP contribution in [0.4, 0.5) is 5.95 Å². The fraction of sp³-hybridized carbons (Fsp3) is 0.833. The average molecular weight is 253 g/mol. The molecule has 2 rings (SSSR count). The van der Waals surface area contributed by atoms with E-state index < -0.39 is 5.60 Å². The summed E-state index contributed by atoms with van der Waals surface area (Å²) in [4.78, 5) is 6.71. The highest BCUT2D eigenvalue weighted by Crippen LogP contribution is 2.25. The van der Waals surface area contributed by atoms with Crippen molar-refractivity contribution >= 4 is 5.95 Å². The number of nitrogens with one attached hydrogen (secondary N) is 1. The predicted molar refractivity (Wildman–Crippen MR) is 70.4 cm³/mol. The Morgan fingerprint density at radius 1 is 1.50 bits per heavy atom. The van der Waals surface area contributed by atoms with Crippen LogP contribution in [0.5, 0.6) is 0 Å². The summed E-state index contributed by atoms with van der Waals surface area (Å²) in [6, 6.07) is 0.462. The number of nitrogens with two attached hydrogens (primary N) is 1. The summed E-state index contributed by atoms with van der Waals surface area (Å²) in [7, 11) is 1.67. The molecule has 1 aliphatic heterocycles. The van der Waals surface area contributed by atoms with Crippen LogP contribution >= 0.6 is 0 Å². The Labute approximate surface area is 108 Å². The molecule has 102 valence electrons. The van der Waals surface area contributed by atoms with Crippen LogP contribution in [-0.4, -0.2) is 40.9 Å². The van der Waals surface area contributed by atoms with Crippen LogP contribution in [0.3, 0.4) is 0 Å². The summed E-state index contributed by atoms with van der Waals surface area (Å²) < 4.78 is 5.40. The molecule has 0 aromatic carbocycles. The van der Waals surface area contributed by atoms with Gasteiger partial charge in [0.25, 0.3) is 0 Å². The Balaban J connectivity index is 2.19. The van der Waals surface area contributed by atoms with Gasteiger partial charge in [0.2, 0.25) is 5.95 Å². The van der Waals surface area contributed by atoms with E-state index in [9.17, 15) is 0 Å². The molecular weight excluding hydrogens is 230 g/mol. The van der Waals surface area contributed by atoms with Crippen molar-refractivity contribution in [2.75, 3.05) is 18.6 Å². The van der Waals surface area contributed by atoms with Crippen molar-refractivity contribution in [2.24, 2.45) is 5.73 Å². The molecular formula is C12H23N5O. The number of H-pyrrole nitrogens is 1. The molecule has 1 fully saturated rings. The van der Waals surface area contributed by atoms with Crippen molar-refractivity contribution in [1.82, 2.24) is 15.2 Å². The van der Waals surface area contributed by atoms with E-state index in [-0.39, 0.29) is 12.1 Å². The third-order valence-electron chi connectivity index (χ3n) is 3.86. The quantitative estimate of drug-likeness (QED) is 0.840. The number of methoxy groups -OCH3 is 1. The number of anilines is 1. The molecule has 0 radical (unpaired) electrons. The molecule has 6 nitrogen and oxygen atoms in total. The van der Waals surface area contributed by atoms with Gasteiger partial charge in [0.05, 0.1) is 0 Å². The number of nitrogens with zero attached hydrogens (tertiary/aromatic N) is 3. The average Bonchev–Trinajstić information content (AvgIpc) is 2.82. The van der Waals surface area contributed by atoms with Crippen LogP contribution in [0.25, 0.3) is 0 Å². The topological polar surface area (TPSA) is 80.1 Å². The Bertz CT molecular complexity index is 403. The lowest BCUT2D eigenvalue weighted by atomic mass is 9.99. The van der Waals surface area contributed by atoms with Crippen molar-refractivity contribution in [1.29, 1.82) is 0 Å². The summed E-state index contributed by atoms with van der Waals surface area (Å²) >= 11 is 0. The van der Waals surface area contributed by atoms with Crippen molar-refractivity contribution in [3.63, 3.8) is 0 Å². The molecule has 1 saturated heterocycles. The number of aromatic nitrogens is 3. The molecule has 3 N–H and O–H groups in total. The van der Waals surface area contributed by atoms with E-state index in [0.29, 0.717) is 0 Å². The number of aromatic amines is 1. The fourth-order valence-corrected chi connectivity index (χ4v) is 2.20. The van der Waals surface area contributed by atoms with Gasteiger partial charge in [0.15, 0.2) is 5.82 Å². The van der Waals surface area contributed by atoms with Crippen LogP contribution in [0.2, 0.25) is 0 Å². The van der Waals surface area contributed by atoms with E-state index >= 15 is 0 Å². The zero-order valence-electron chi connectivity index (χ0n) is 11.6. The summed E-state index contributed by atoms with van der Waals surface area (Å²) in [5, 5.41) is 7.25. The molecule has 2 unspecified atom stereocenters. The third kappa shape index (κ3) is 2.35. The number of rotatable bonds is 3. The van der Waals surface area contributed by atoms with E-state index in [2.05, 4.69) is 27.0 Å². The van der Waals surface area contributed by atoms with Crippen molar-refractivity contribution < 1.29 is 4.74 Å². The van der Waals surface area contributed by atoms with Gasteiger partial charge in [-0.05, 0) is 33.6 Å². The van der Waals surface area contributed by atoms with Crippen molar-refractivity contribution in [3.8, 4) is 0 Å². The van der Waals surface area contributed by atoms with Gasteiger partial charge in [-0.2, -0.15) is 4.98 Å². The maximum absolute atomic E-state index is 6.09. The van der Waals surface area contributed by atoms with Crippen molar-refractivity contribution in [3.05, 3.63) is 5.82 Å². The first-order chi connectivity index (χ1) is 8.45. The summed E-state index contributed by atoms with van der Waals surface area (Å²) in [6.07, 6.45) is 2.15. The van der Waals surface area contributed by atoms with Gasteiger partial charge in [-0.1, -0.05) is 0 Å². The highest BCUT2D eigenvalue weighted by Gasteiger charge is 2.30. The third-order valence-corrected chi connectivity index (χ3v) is 3.86. The molecule has 0 aliphatic carbocycles. The van der Waals surface area contributed by atoms with Gasteiger partial charge < -0.3 is 15.4 Å². The summed E-state index contributed by atoms with van der Waals surface area (Å²) in [5.74, 6) is 1.46. The number of piperidine rings is 1. The summed E-state index contributed by atoms with van der Waals surface area (Å²) in [5.41, 5.74) is 5.64. The zero-order chi connectivity index (χ0) is 13.3. The van der Waals surface area contributed by atoms with Crippen LogP contribution in [-0.2, 0) is 10.3 Å². The minimum Gasteiger partial charge on any atom is -0.371 e. The van der Waals surface area contributed by atoms with E-state index in [1.165, 1.54) is 0 Å². The molecule has 2 heterocycles. The van der Waals surface area contributed by atoms with E-state index in [1.54, 1.807) is 7.11 Å². The van der Waals surface area contributed by atoms with Crippen LogP contribution in [0.1, 0.15) is 39.4 Å². The Kier molecular flexibility index (Phi) is 3.59. The number of ether oxygens (including phenoxy) is 1. The molecule has 0 saturated carbocycles. The van der Waals surface area contributed by atoms with Crippen molar-refractivity contribution in [2.45, 2.75) is 51.3 Å². The first-order valence-corrected chi connectivity index (χ1v) is 6.46. The second-order valence-corrected chi connectivity index (χ2v) is 5.44. The second kappa shape index (κ2) is 4.85. The maximum atomic E-state index is 6.09. The van der Waals surface area contributed by atoms with Gasteiger partial charge in [-0.15, -0.1) is 5.10 Å². The number of hydrogen-bond acceptors (Lipinski definition) is 5. The largest absolute Gasteiger partial charge is 0.371 e. The van der Waals surface area contributed by atoms with E-state index in [4.69, 9.17) is 10.5 Å². The van der Waals surface area contributed by atoms with Gasteiger partial charge in [0.1, 0.15) is 5.60 Å². The van der Waals surface area contributed by atoms with Gasteiger partial charge >= 0.3 is 0 Å². The van der Waals surface area contributed by atoms with Crippen LogP contribution in [0.15, 0.2) is 0 Å². The van der Waals surface area contributed by atoms with E-state index in [1.807, 2.05) is 13.8 Å². The van der Waals surface area contributed by atoms with E-state index in [0.717, 1.165) is 31.2 Å². The van der Waals surface area contributed by atoms with Gasteiger partial charge in [-0.3, -0.25) is 5.10 Å². The molecule has 1 aromatic heterocycles. The molecule has 1 aromatic rings. The lowest BCUT2D eigenvalue weighted by Crippen LogP contribution is -2.51. The maximum Gasteiger partial charge on any atom is 0.245 e. The lowest BCUT2D eigenvalue weighted by molar-refractivity contribution is 0.0118. The van der Waals surface area contributed by atoms with Gasteiger partial charge in [-0.25, -0.2) is 0 Å². The molecule has 0 amide bonds. The van der Waals surface area contributed by atoms with Gasteiger partial charge in [0, 0.05) is 25.7 Å². The standard InChI is InChI=1S/C12H23N5O/c1-8-9(13)6-5-7-17(8)11-14-10(15-16-11)12(2,3)18-4/h8-9H,5-7,13H2,1-4H3,(H,14,15,16). The Morgan fingerprint density at radius 2 is 2.22 bits per heavy atom. The Hall–Kier alpha value is -1.14. The second-order valence-electron chi connectivity index (χ2n) is 5.44.